The third-order valence-electron chi connectivity index (χ3n) is 0.496. The van der Waals surface area contributed by atoms with Crippen molar-refractivity contribution < 1.29 is 0 Å². The van der Waals surface area contributed by atoms with Gasteiger partial charge in [-0.1, -0.05) is 0 Å². The zero-order valence-corrected chi connectivity index (χ0v) is 5.64. The molecule has 0 fully saturated rings. The van der Waals surface area contributed by atoms with Crippen molar-refractivity contribution >= 4 is 0 Å². The molecule has 0 bridgehead atoms. The molecule has 58 valence electrons. The third-order valence-corrected chi connectivity index (χ3v) is 0.496. The fourth-order valence-electron chi connectivity index (χ4n) is 0.278. The van der Waals surface area contributed by atoms with E-state index >= 15 is 0 Å². The Hall–Kier alpha value is -0.880. The summed E-state index contributed by atoms with van der Waals surface area (Å²) in [5.74, 6) is 0. The summed E-state index contributed by atoms with van der Waals surface area (Å²) >= 11 is 0. The summed E-state index contributed by atoms with van der Waals surface area (Å²) in [6, 6.07) is 3.89. The summed E-state index contributed by atoms with van der Waals surface area (Å²) in [7, 11) is 0. The number of hydrogen-bond acceptors (Lipinski definition) is 4. The first-order chi connectivity index (χ1) is 2.50. The number of H-pyrrole nitrogens is 1. The van der Waals surface area contributed by atoms with Gasteiger partial charge in [0.2, 0.25) is 0 Å². The largest absolute Gasteiger partial charge is 0.368 e. The van der Waals surface area contributed by atoms with Crippen LogP contribution in [-0.2, 0) is 0 Å². The highest BCUT2D eigenvalue weighted by atomic mass is 14.6. The minimum absolute atomic E-state index is 0. The van der Waals surface area contributed by atoms with Gasteiger partial charge in [-0.2, -0.15) is 0 Å². The Kier molecular flexibility index (Phi) is 42.3. The molecule has 1 aromatic rings. The Bertz CT molecular complexity index is 65.4. The van der Waals surface area contributed by atoms with Crippen molar-refractivity contribution in [3.05, 3.63) is 24.5 Å². The molecule has 0 radical (unpaired) electrons. The lowest BCUT2D eigenvalue weighted by molar-refractivity contribution is 1.42. The van der Waals surface area contributed by atoms with Crippen molar-refractivity contribution in [2.45, 2.75) is 0 Å². The van der Waals surface area contributed by atoms with E-state index in [1.54, 1.807) is 0 Å². The van der Waals surface area contributed by atoms with Crippen LogP contribution in [0.15, 0.2) is 24.5 Å². The zero-order chi connectivity index (χ0) is 3.54. The fraction of sp³-hybridized carbons (Fsp3) is 0. The van der Waals surface area contributed by atoms with Gasteiger partial charge in [-0.25, -0.2) is 0 Å². The topological polar surface area (TPSA) is 156 Å². The van der Waals surface area contributed by atoms with Crippen molar-refractivity contribution in [3.8, 4) is 0 Å². The summed E-state index contributed by atoms with van der Waals surface area (Å²) in [6.45, 7) is 0. The highest BCUT2D eigenvalue weighted by Crippen LogP contribution is 1.72. The Labute approximate surface area is 55.2 Å². The third kappa shape index (κ3) is 11.0. The van der Waals surface area contributed by atoms with Crippen LogP contribution in [-0.4, -0.2) is 4.98 Å². The van der Waals surface area contributed by atoms with Crippen LogP contribution in [0.3, 0.4) is 0 Å². The SMILES string of the molecule is N.N.N.N.c1cc[nH]c1. The molecule has 0 saturated heterocycles. The van der Waals surface area contributed by atoms with E-state index in [1.165, 1.54) is 0 Å². The fourth-order valence-corrected chi connectivity index (χ4v) is 0.278. The molecule has 0 aliphatic rings. The first kappa shape index (κ1) is 24.3. The second-order valence-electron chi connectivity index (χ2n) is 0.885. The molecule has 1 rings (SSSR count). The molecular weight excluding hydrogens is 118 g/mol. The second kappa shape index (κ2) is 15.7. The molecule has 0 saturated carbocycles. The molecule has 5 heteroatoms. The molecule has 0 atom stereocenters. The number of nitrogens with one attached hydrogen (secondary N) is 1. The van der Waals surface area contributed by atoms with E-state index in [9.17, 15) is 0 Å². The lowest BCUT2D eigenvalue weighted by Crippen LogP contribution is -1.38. The summed E-state index contributed by atoms with van der Waals surface area (Å²) in [5, 5.41) is 0. The Morgan fingerprint density at radius 1 is 0.667 bits per heavy atom. The summed E-state index contributed by atoms with van der Waals surface area (Å²) in [4.78, 5) is 2.86. The van der Waals surface area contributed by atoms with Crippen LogP contribution < -0.4 is 24.6 Å². The smallest absolute Gasteiger partial charge is 0.000496 e. The van der Waals surface area contributed by atoms with E-state index in [0.717, 1.165) is 0 Å². The number of aromatic amines is 1. The summed E-state index contributed by atoms with van der Waals surface area (Å²) in [5.41, 5.74) is 0. The van der Waals surface area contributed by atoms with Gasteiger partial charge >= 0.3 is 0 Å². The average Bonchev–Trinajstić information content (AvgIpc) is 1.76. The van der Waals surface area contributed by atoms with E-state index in [0.29, 0.717) is 0 Å². The van der Waals surface area contributed by atoms with Crippen LogP contribution in [0.2, 0.25) is 0 Å². The molecule has 0 aromatic carbocycles. The van der Waals surface area contributed by atoms with E-state index in [4.69, 9.17) is 0 Å². The van der Waals surface area contributed by atoms with Crippen molar-refractivity contribution in [1.29, 1.82) is 0 Å². The monoisotopic (exact) mass is 135 g/mol. The maximum absolute atomic E-state index is 2.86. The van der Waals surface area contributed by atoms with Crippen LogP contribution in [0.25, 0.3) is 0 Å². The minimum atomic E-state index is 0. The molecule has 0 aliphatic heterocycles. The Morgan fingerprint density at radius 2 is 1.00 bits per heavy atom. The van der Waals surface area contributed by atoms with Crippen molar-refractivity contribution in [1.82, 2.24) is 29.6 Å². The van der Waals surface area contributed by atoms with Crippen LogP contribution in [0.1, 0.15) is 0 Å². The van der Waals surface area contributed by atoms with Gasteiger partial charge in [-0.05, 0) is 12.1 Å². The number of rotatable bonds is 0. The molecule has 0 amide bonds. The highest BCUT2D eigenvalue weighted by Gasteiger charge is 1.55. The lowest BCUT2D eigenvalue weighted by Gasteiger charge is -1.49. The van der Waals surface area contributed by atoms with Crippen molar-refractivity contribution in [3.63, 3.8) is 0 Å². The van der Waals surface area contributed by atoms with Gasteiger partial charge in [0.25, 0.3) is 0 Å². The lowest BCUT2D eigenvalue weighted by atomic mass is 10.7. The van der Waals surface area contributed by atoms with Gasteiger partial charge in [0, 0.05) is 12.4 Å². The molecule has 5 nitrogen and oxygen atoms in total. The van der Waals surface area contributed by atoms with Gasteiger partial charge < -0.3 is 29.6 Å². The standard InChI is InChI=1S/C4H5N.4H3N/c1-2-4-5-3-1;;;;/h1-5H;4*1H3. The molecular formula is C4H17N5. The number of hydrogen-bond donors (Lipinski definition) is 5. The van der Waals surface area contributed by atoms with Gasteiger partial charge in [0.05, 0.1) is 0 Å². The Morgan fingerprint density at radius 3 is 1.11 bits per heavy atom. The van der Waals surface area contributed by atoms with E-state index in [2.05, 4.69) is 4.98 Å². The van der Waals surface area contributed by atoms with Gasteiger partial charge in [0.1, 0.15) is 0 Å². The minimum Gasteiger partial charge on any atom is -0.368 e. The van der Waals surface area contributed by atoms with Crippen molar-refractivity contribution in [2.75, 3.05) is 0 Å². The zero-order valence-electron chi connectivity index (χ0n) is 5.64. The molecule has 9 heavy (non-hydrogen) atoms. The van der Waals surface area contributed by atoms with E-state index in [1.807, 2.05) is 24.5 Å². The molecule has 13 N–H and O–H groups in total. The van der Waals surface area contributed by atoms with Gasteiger partial charge in [-0.3, -0.25) is 0 Å². The number of aromatic nitrogens is 1. The molecule has 0 unspecified atom stereocenters. The van der Waals surface area contributed by atoms with Crippen LogP contribution in [0, 0.1) is 0 Å². The normalized spacial score (nSPS) is 4.44. The predicted molar refractivity (Wildman–Crippen MR) is 40.9 cm³/mol. The summed E-state index contributed by atoms with van der Waals surface area (Å²) < 4.78 is 0. The van der Waals surface area contributed by atoms with Crippen LogP contribution >= 0.6 is 0 Å². The quantitative estimate of drug-likeness (QED) is 0.366. The Balaban J connectivity index is -0.0000000312. The van der Waals surface area contributed by atoms with E-state index in [-0.39, 0.29) is 24.6 Å². The molecule has 0 spiro atoms. The van der Waals surface area contributed by atoms with Crippen LogP contribution in [0.5, 0.6) is 0 Å². The highest BCUT2D eigenvalue weighted by molar-refractivity contribution is 4.84. The first-order valence-corrected chi connectivity index (χ1v) is 1.58. The summed E-state index contributed by atoms with van der Waals surface area (Å²) in [6.07, 6.45) is 3.75. The second-order valence-corrected chi connectivity index (χ2v) is 0.885. The van der Waals surface area contributed by atoms with Crippen molar-refractivity contribution in [2.24, 2.45) is 0 Å². The maximum atomic E-state index is 2.86. The van der Waals surface area contributed by atoms with E-state index < -0.39 is 0 Å². The predicted octanol–water partition coefficient (Wildman–Crippen LogP) is 1.66. The average molecular weight is 135 g/mol. The van der Waals surface area contributed by atoms with Gasteiger partial charge in [0.15, 0.2) is 0 Å². The maximum Gasteiger partial charge on any atom is 0.000496 e. The molecule has 1 aromatic heterocycles. The van der Waals surface area contributed by atoms with Crippen LogP contribution in [0.4, 0.5) is 0 Å². The first-order valence-electron chi connectivity index (χ1n) is 1.58. The van der Waals surface area contributed by atoms with Gasteiger partial charge in [-0.15, -0.1) is 0 Å². The molecule has 0 aliphatic carbocycles. The molecule has 1 heterocycles.